The Morgan fingerprint density at radius 1 is 1.33 bits per heavy atom. The normalized spacial score (nSPS) is 23.9. The number of allylic oxidation sites excluding steroid dienone is 1. The SMILES string of the molecule is CC1=C[C@@H](CO)[C@H](C(C)C)C[C@H]1CC(=O)NCc1ccc(F)cc1. The molecule has 1 aliphatic rings. The molecule has 0 bridgehead atoms. The van der Waals surface area contributed by atoms with Gasteiger partial charge in [0.15, 0.2) is 0 Å². The van der Waals surface area contributed by atoms with Gasteiger partial charge in [-0.1, -0.05) is 37.6 Å². The maximum atomic E-state index is 12.9. The summed E-state index contributed by atoms with van der Waals surface area (Å²) in [5, 5.41) is 12.5. The van der Waals surface area contributed by atoms with Gasteiger partial charge in [0.05, 0.1) is 0 Å². The average Bonchev–Trinajstić information content (AvgIpc) is 2.55. The molecular weight excluding hydrogens is 305 g/mol. The summed E-state index contributed by atoms with van der Waals surface area (Å²) in [6, 6.07) is 6.17. The monoisotopic (exact) mass is 333 g/mol. The van der Waals surface area contributed by atoms with Crippen molar-refractivity contribution in [3.05, 3.63) is 47.3 Å². The fourth-order valence-electron chi connectivity index (χ4n) is 3.58. The van der Waals surface area contributed by atoms with E-state index in [4.69, 9.17) is 0 Å². The highest BCUT2D eigenvalue weighted by atomic mass is 19.1. The summed E-state index contributed by atoms with van der Waals surface area (Å²) >= 11 is 0. The Morgan fingerprint density at radius 2 is 2.00 bits per heavy atom. The molecular formula is C20H28FNO2. The smallest absolute Gasteiger partial charge is 0.220 e. The molecule has 2 N–H and O–H groups in total. The van der Waals surface area contributed by atoms with Crippen molar-refractivity contribution in [3.8, 4) is 0 Å². The van der Waals surface area contributed by atoms with Crippen LogP contribution in [0.3, 0.4) is 0 Å². The number of amides is 1. The third kappa shape index (κ3) is 4.91. The standard InChI is InChI=1S/C20H28FNO2/c1-13(2)19-9-16(14(3)8-17(19)12-23)10-20(24)22-11-15-4-6-18(21)7-5-15/h4-8,13,16-17,19,23H,9-12H2,1-3H3,(H,22,24)/t16-,17-,19-/m0/s1. The second kappa shape index (κ2) is 8.43. The van der Waals surface area contributed by atoms with Crippen molar-refractivity contribution in [1.29, 1.82) is 0 Å². The minimum atomic E-state index is -0.272. The molecule has 0 heterocycles. The van der Waals surface area contributed by atoms with E-state index in [1.54, 1.807) is 12.1 Å². The molecule has 0 radical (unpaired) electrons. The van der Waals surface area contributed by atoms with Crippen molar-refractivity contribution in [1.82, 2.24) is 5.32 Å². The van der Waals surface area contributed by atoms with Gasteiger partial charge in [0, 0.05) is 25.5 Å². The number of aliphatic hydroxyl groups is 1. The van der Waals surface area contributed by atoms with Gasteiger partial charge in [-0.3, -0.25) is 4.79 Å². The van der Waals surface area contributed by atoms with Crippen LogP contribution in [-0.4, -0.2) is 17.6 Å². The van der Waals surface area contributed by atoms with Crippen molar-refractivity contribution >= 4 is 5.91 Å². The number of hydrogen-bond donors (Lipinski definition) is 2. The first-order chi connectivity index (χ1) is 11.4. The third-order valence-corrected chi connectivity index (χ3v) is 5.13. The lowest BCUT2D eigenvalue weighted by Gasteiger charge is -2.36. The van der Waals surface area contributed by atoms with Gasteiger partial charge in [-0.05, 0) is 48.8 Å². The molecule has 0 saturated carbocycles. The predicted molar refractivity (Wildman–Crippen MR) is 93.6 cm³/mol. The lowest BCUT2D eigenvalue weighted by molar-refractivity contribution is -0.122. The van der Waals surface area contributed by atoms with Crippen LogP contribution in [0.4, 0.5) is 4.39 Å². The van der Waals surface area contributed by atoms with E-state index in [-0.39, 0.29) is 30.2 Å². The number of nitrogens with one attached hydrogen (secondary N) is 1. The third-order valence-electron chi connectivity index (χ3n) is 5.13. The zero-order valence-corrected chi connectivity index (χ0v) is 14.8. The first-order valence-electron chi connectivity index (χ1n) is 8.71. The zero-order valence-electron chi connectivity index (χ0n) is 14.8. The minimum Gasteiger partial charge on any atom is -0.396 e. The van der Waals surface area contributed by atoms with Gasteiger partial charge in [0.1, 0.15) is 5.82 Å². The van der Waals surface area contributed by atoms with Gasteiger partial charge in [-0.25, -0.2) is 4.39 Å². The number of aliphatic hydroxyl groups excluding tert-OH is 1. The van der Waals surface area contributed by atoms with Crippen molar-refractivity contribution in [2.75, 3.05) is 6.61 Å². The molecule has 0 fully saturated rings. The Labute approximate surface area is 144 Å². The highest BCUT2D eigenvalue weighted by molar-refractivity contribution is 5.76. The van der Waals surface area contributed by atoms with Crippen LogP contribution in [0.25, 0.3) is 0 Å². The number of hydrogen-bond acceptors (Lipinski definition) is 2. The molecule has 24 heavy (non-hydrogen) atoms. The van der Waals surface area contributed by atoms with Crippen LogP contribution in [0.2, 0.25) is 0 Å². The average molecular weight is 333 g/mol. The van der Waals surface area contributed by atoms with Crippen molar-refractivity contribution < 1.29 is 14.3 Å². The summed E-state index contributed by atoms with van der Waals surface area (Å²) in [5.41, 5.74) is 2.09. The van der Waals surface area contributed by atoms with E-state index in [0.29, 0.717) is 24.8 Å². The number of carbonyl (C=O) groups excluding carboxylic acids is 1. The lowest BCUT2D eigenvalue weighted by Crippen LogP contribution is -2.32. The first kappa shape index (κ1) is 18.7. The van der Waals surface area contributed by atoms with Crippen LogP contribution in [0.1, 0.15) is 39.2 Å². The molecule has 0 aromatic heterocycles. The summed E-state index contributed by atoms with van der Waals surface area (Å²) in [6.45, 7) is 6.99. The topological polar surface area (TPSA) is 49.3 Å². The van der Waals surface area contributed by atoms with Crippen LogP contribution in [0.5, 0.6) is 0 Å². The molecule has 1 aromatic carbocycles. The molecule has 0 saturated heterocycles. The highest BCUT2D eigenvalue weighted by Gasteiger charge is 2.31. The molecule has 132 valence electrons. The number of carbonyl (C=O) groups is 1. The highest BCUT2D eigenvalue weighted by Crippen LogP contribution is 2.38. The van der Waals surface area contributed by atoms with Crippen LogP contribution >= 0.6 is 0 Å². The predicted octanol–water partition coefficient (Wildman–Crippen LogP) is 3.68. The lowest BCUT2D eigenvalue weighted by atomic mass is 9.70. The summed E-state index contributed by atoms with van der Waals surface area (Å²) in [5.74, 6) is 1.06. The summed E-state index contributed by atoms with van der Waals surface area (Å²) in [4.78, 5) is 12.3. The summed E-state index contributed by atoms with van der Waals surface area (Å²) < 4.78 is 12.9. The van der Waals surface area contributed by atoms with Gasteiger partial charge in [0.2, 0.25) is 5.91 Å². The van der Waals surface area contributed by atoms with Crippen molar-refractivity contribution in [2.24, 2.45) is 23.7 Å². The molecule has 0 spiro atoms. The van der Waals surface area contributed by atoms with Crippen LogP contribution in [0, 0.1) is 29.5 Å². The zero-order chi connectivity index (χ0) is 17.7. The Morgan fingerprint density at radius 3 is 2.58 bits per heavy atom. The first-order valence-corrected chi connectivity index (χ1v) is 8.71. The molecule has 2 rings (SSSR count). The Balaban J connectivity index is 1.91. The van der Waals surface area contributed by atoms with Crippen molar-refractivity contribution in [2.45, 2.75) is 40.2 Å². The number of rotatable bonds is 6. The minimum absolute atomic E-state index is 0.0158. The maximum Gasteiger partial charge on any atom is 0.220 e. The van der Waals surface area contributed by atoms with E-state index in [9.17, 15) is 14.3 Å². The van der Waals surface area contributed by atoms with Gasteiger partial charge in [0.25, 0.3) is 0 Å². The molecule has 0 unspecified atom stereocenters. The quantitative estimate of drug-likeness (QED) is 0.780. The van der Waals surface area contributed by atoms with E-state index in [1.165, 1.54) is 17.7 Å². The molecule has 3 nitrogen and oxygen atoms in total. The fraction of sp³-hybridized carbons (Fsp3) is 0.550. The molecule has 0 aliphatic heterocycles. The Kier molecular flexibility index (Phi) is 6.55. The Bertz CT molecular complexity index is 580. The Hall–Kier alpha value is -1.68. The van der Waals surface area contributed by atoms with E-state index >= 15 is 0 Å². The van der Waals surface area contributed by atoms with E-state index in [2.05, 4.69) is 32.2 Å². The molecule has 1 amide bonds. The van der Waals surface area contributed by atoms with Gasteiger partial charge < -0.3 is 10.4 Å². The van der Waals surface area contributed by atoms with Crippen LogP contribution in [0.15, 0.2) is 35.9 Å². The molecule has 1 aliphatic carbocycles. The molecule has 1 aromatic rings. The summed E-state index contributed by atoms with van der Waals surface area (Å²) in [7, 11) is 0. The largest absolute Gasteiger partial charge is 0.396 e. The van der Waals surface area contributed by atoms with E-state index in [0.717, 1.165) is 12.0 Å². The fourth-order valence-corrected chi connectivity index (χ4v) is 3.58. The second-order valence-electron chi connectivity index (χ2n) is 7.20. The second-order valence-corrected chi connectivity index (χ2v) is 7.20. The van der Waals surface area contributed by atoms with Gasteiger partial charge in [-0.2, -0.15) is 0 Å². The number of benzene rings is 1. The summed E-state index contributed by atoms with van der Waals surface area (Å²) in [6.07, 6.45) is 3.55. The molecule has 4 heteroatoms. The van der Waals surface area contributed by atoms with Gasteiger partial charge in [-0.15, -0.1) is 0 Å². The van der Waals surface area contributed by atoms with Crippen LogP contribution in [-0.2, 0) is 11.3 Å². The van der Waals surface area contributed by atoms with E-state index in [1.807, 2.05) is 0 Å². The number of halogens is 1. The van der Waals surface area contributed by atoms with Gasteiger partial charge >= 0.3 is 0 Å². The maximum absolute atomic E-state index is 12.9. The van der Waals surface area contributed by atoms with E-state index < -0.39 is 0 Å². The van der Waals surface area contributed by atoms with Crippen molar-refractivity contribution in [3.63, 3.8) is 0 Å². The molecule has 3 atom stereocenters. The van der Waals surface area contributed by atoms with Crippen LogP contribution < -0.4 is 5.32 Å².